The standard InChI is InChI=1S/C25H34N2O2S4/c1-25(2,33-17-15-31-19-21-12-8-5-9-13-21)22(23(28)26-3)24(27-29)32-16-14-30-18-20-10-6-4-7-11-20/h4-13,22,29H,14-19H2,1-3H3,(H,26,28). The van der Waals surface area contributed by atoms with Gasteiger partial charge in [0.2, 0.25) is 5.91 Å². The average Bonchev–Trinajstić information content (AvgIpc) is 2.83. The van der Waals surface area contributed by atoms with Crippen LogP contribution >= 0.6 is 47.0 Å². The van der Waals surface area contributed by atoms with E-state index in [2.05, 4.69) is 72.9 Å². The van der Waals surface area contributed by atoms with E-state index in [-0.39, 0.29) is 10.7 Å². The Hall–Kier alpha value is -1.22. The maximum absolute atomic E-state index is 12.8. The highest BCUT2D eigenvalue weighted by Gasteiger charge is 2.39. The molecule has 0 heterocycles. The summed E-state index contributed by atoms with van der Waals surface area (Å²) in [5.41, 5.74) is 2.63. The van der Waals surface area contributed by atoms with Crippen LogP contribution in [0.25, 0.3) is 0 Å². The number of benzene rings is 2. The Morgan fingerprint density at radius 3 is 1.91 bits per heavy atom. The molecule has 0 bridgehead atoms. The highest BCUT2D eigenvalue weighted by atomic mass is 32.2. The lowest BCUT2D eigenvalue weighted by Crippen LogP contribution is -2.44. The van der Waals surface area contributed by atoms with E-state index in [1.54, 1.807) is 18.8 Å². The zero-order chi connectivity index (χ0) is 23.9. The summed E-state index contributed by atoms with van der Waals surface area (Å²) >= 11 is 6.97. The summed E-state index contributed by atoms with van der Waals surface area (Å²) in [6, 6.07) is 20.8. The molecule has 0 aliphatic rings. The van der Waals surface area contributed by atoms with Crippen LogP contribution in [0.15, 0.2) is 65.8 Å². The molecule has 1 amide bonds. The van der Waals surface area contributed by atoms with E-state index < -0.39 is 5.92 Å². The number of oxime groups is 1. The van der Waals surface area contributed by atoms with Gasteiger partial charge in [-0.25, -0.2) is 0 Å². The summed E-state index contributed by atoms with van der Waals surface area (Å²) in [5, 5.41) is 16.6. The van der Waals surface area contributed by atoms with Gasteiger partial charge in [0.15, 0.2) is 0 Å². The van der Waals surface area contributed by atoms with E-state index in [0.717, 1.165) is 34.5 Å². The maximum Gasteiger partial charge on any atom is 0.230 e. The summed E-state index contributed by atoms with van der Waals surface area (Å²) in [4.78, 5) is 12.8. The summed E-state index contributed by atoms with van der Waals surface area (Å²) < 4.78 is -0.390. The van der Waals surface area contributed by atoms with Gasteiger partial charge in [0.05, 0.1) is 0 Å². The Labute approximate surface area is 215 Å². The van der Waals surface area contributed by atoms with Crippen molar-refractivity contribution in [2.45, 2.75) is 30.1 Å². The lowest BCUT2D eigenvalue weighted by Gasteiger charge is -2.32. The van der Waals surface area contributed by atoms with Crippen molar-refractivity contribution in [3.05, 3.63) is 71.8 Å². The lowest BCUT2D eigenvalue weighted by molar-refractivity contribution is -0.123. The van der Waals surface area contributed by atoms with Crippen LogP contribution in [0.2, 0.25) is 0 Å². The summed E-state index contributed by atoms with van der Waals surface area (Å²) in [6.45, 7) is 4.13. The molecule has 180 valence electrons. The highest BCUT2D eigenvalue weighted by Crippen LogP contribution is 2.37. The third-order valence-corrected chi connectivity index (χ3v) is 9.94. The van der Waals surface area contributed by atoms with Crippen LogP contribution in [0.5, 0.6) is 0 Å². The number of rotatable bonds is 14. The first-order valence-corrected chi connectivity index (χ1v) is 15.2. The number of carbonyl (C=O) groups excluding carboxylic acids is 1. The largest absolute Gasteiger partial charge is 0.410 e. The zero-order valence-corrected chi connectivity index (χ0v) is 22.8. The molecule has 2 aromatic rings. The molecule has 1 unspecified atom stereocenters. The fourth-order valence-corrected chi connectivity index (χ4v) is 7.80. The Balaban J connectivity index is 1.82. The van der Waals surface area contributed by atoms with Gasteiger partial charge >= 0.3 is 0 Å². The third-order valence-electron chi connectivity index (χ3n) is 4.95. The second kappa shape index (κ2) is 15.6. The molecular formula is C25H34N2O2S4. The van der Waals surface area contributed by atoms with E-state index in [1.807, 2.05) is 35.7 Å². The highest BCUT2D eigenvalue weighted by molar-refractivity contribution is 8.14. The predicted octanol–water partition coefficient (Wildman–Crippen LogP) is 6.25. The second-order valence-corrected chi connectivity index (χ2v) is 12.9. The first kappa shape index (κ1) is 28.0. The molecule has 0 aromatic heterocycles. The average molecular weight is 523 g/mol. The van der Waals surface area contributed by atoms with Crippen LogP contribution in [-0.4, -0.2) is 51.0 Å². The van der Waals surface area contributed by atoms with Crippen molar-refractivity contribution in [2.24, 2.45) is 11.1 Å². The van der Waals surface area contributed by atoms with Crippen molar-refractivity contribution >= 4 is 58.0 Å². The molecule has 0 aliphatic heterocycles. The summed E-state index contributed by atoms with van der Waals surface area (Å²) in [5.74, 6) is 4.96. The Morgan fingerprint density at radius 2 is 1.42 bits per heavy atom. The Kier molecular flexibility index (Phi) is 13.3. The minimum atomic E-state index is -0.499. The SMILES string of the molecule is CNC(=O)C(C(=NO)SCCSCc1ccccc1)C(C)(C)SCCSCc1ccccc1. The van der Waals surface area contributed by atoms with Gasteiger partial charge in [0, 0.05) is 46.3 Å². The molecule has 0 spiro atoms. The van der Waals surface area contributed by atoms with Crippen molar-refractivity contribution in [3.63, 3.8) is 0 Å². The number of amides is 1. The molecule has 0 radical (unpaired) electrons. The van der Waals surface area contributed by atoms with Crippen molar-refractivity contribution < 1.29 is 10.0 Å². The van der Waals surface area contributed by atoms with Crippen molar-refractivity contribution in [1.29, 1.82) is 0 Å². The van der Waals surface area contributed by atoms with E-state index >= 15 is 0 Å². The van der Waals surface area contributed by atoms with Gasteiger partial charge in [0.25, 0.3) is 0 Å². The molecule has 0 saturated carbocycles. The van der Waals surface area contributed by atoms with Gasteiger partial charge in [-0.2, -0.15) is 35.3 Å². The molecule has 0 saturated heterocycles. The van der Waals surface area contributed by atoms with Crippen LogP contribution in [0.1, 0.15) is 25.0 Å². The van der Waals surface area contributed by atoms with Gasteiger partial charge in [-0.1, -0.05) is 65.8 Å². The number of hydrogen-bond acceptors (Lipinski definition) is 7. The fourth-order valence-electron chi connectivity index (χ4n) is 3.22. The normalized spacial score (nSPS) is 13.0. The van der Waals surface area contributed by atoms with E-state index in [4.69, 9.17) is 0 Å². The molecular weight excluding hydrogens is 489 g/mol. The Morgan fingerprint density at radius 1 is 0.909 bits per heavy atom. The minimum absolute atomic E-state index is 0.110. The molecule has 2 N–H and O–H groups in total. The lowest BCUT2D eigenvalue weighted by atomic mass is 9.95. The van der Waals surface area contributed by atoms with Crippen LogP contribution < -0.4 is 5.32 Å². The maximum atomic E-state index is 12.8. The molecule has 1 atom stereocenters. The quantitative estimate of drug-likeness (QED) is 0.101. The van der Waals surface area contributed by atoms with Crippen molar-refractivity contribution in [3.8, 4) is 0 Å². The Bertz CT molecular complexity index is 848. The fraction of sp³-hybridized carbons (Fsp3) is 0.440. The van der Waals surface area contributed by atoms with Crippen molar-refractivity contribution in [1.82, 2.24) is 5.32 Å². The molecule has 4 nitrogen and oxygen atoms in total. The van der Waals surface area contributed by atoms with Gasteiger partial charge in [-0.15, -0.1) is 11.8 Å². The van der Waals surface area contributed by atoms with E-state index in [1.165, 1.54) is 22.9 Å². The molecule has 33 heavy (non-hydrogen) atoms. The monoisotopic (exact) mass is 522 g/mol. The topological polar surface area (TPSA) is 61.7 Å². The van der Waals surface area contributed by atoms with Crippen LogP contribution in [0.4, 0.5) is 0 Å². The van der Waals surface area contributed by atoms with E-state index in [0.29, 0.717) is 5.04 Å². The van der Waals surface area contributed by atoms with E-state index in [9.17, 15) is 10.0 Å². The van der Waals surface area contributed by atoms with Crippen molar-refractivity contribution in [2.75, 3.05) is 30.1 Å². The molecule has 8 heteroatoms. The first-order chi connectivity index (χ1) is 16.0. The molecule has 0 fully saturated rings. The zero-order valence-electron chi connectivity index (χ0n) is 19.5. The smallest absolute Gasteiger partial charge is 0.230 e. The van der Waals surface area contributed by atoms with Crippen LogP contribution in [0, 0.1) is 5.92 Å². The van der Waals surface area contributed by atoms with Crippen LogP contribution in [-0.2, 0) is 16.3 Å². The summed E-state index contributed by atoms with van der Waals surface area (Å²) in [7, 11) is 1.64. The molecule has 2 rings (SSSR count). The number of carbonyl (C=O) groups is 1. The number of nitrogens with zero attached hydrogens (tertiary/aromatic N) is 1. The summed E-state index contributed by atoms with van der Waals surface area (Å²) in [6.07, 6.45) is 0. The molecule has 2 aromatic carbocycles. The number of thioether (sulfide) groups is 4. The third kappa shape index (κ3) is 10.3. The number of hydrogen-bond donors (Lipinski definition) is 2. The molecule has 0 aliphatic carbocycles. The van der Waals surface area contributed by atoms with Gasteiger partial charge in [-0.3, -0.25) is 4.79 Å². The number of nitrogens with one attached hydrogen (secondary N) is 1. The van der Waals surface area contributed by atoms with Gasteiger partial charge < -0.3 is 10.5 Å². The van der Waals surface area contributed by atoms with Gasteiger partial charge in [0.1, 0.15) is 11.0 Å². The minimum Gasteiger partial charge on any atom is -0.410 e. The first-order valence-electron chi connectivity index (χ1n) is 10.9. The second-order valence-electron chi connectivity index (χ2n) is 7.86. The van der Waals surface area contributed by atoms with Gasteiger partial charge in [-0.05, 0) is 25.0 Å². The van der Waals surface area contributed by atoms with Crippen LogP contribution in [0.3, 0.4) is 0 Å². The predicted molar refractivity (Wildman–Crippen MR) is 151 cm³/mol.